The lowest BCUT2D eigenvalue weighted by atomic mass is 10.2. The first-order valence-electron chi connectivity index (χ1n) is 4.58. The zero-order valence-electron chi connectivity index (χ0n) is 8.71. The van der Waals surface area contributed by atoms with Crippen LogP contribution in [0.5, 0.6) is 0 Å². The molecule has 0 heterocycles. The third kappa shape index (κ3) is 2.39. The number of halogens is 1. The van der Waals surface area contributed by atoms with E-state index in [9.17, 15) is 0 Å². The fraction of sp³-hybridized carbons (Fsp3) is 0.400. The molecule has 1 aromatic rings. The van der Waals surface area contributed by atoms with E-state index in [1.807, 2.05) is 30.3 Å². The average molecular weight is 258 g/mol. The predicted molar refractivity (Wildman–Crippen MR) is 65.2 cm³/mol. The summed E-state index contributed by atoms with van der Waals surface area (Å²) < 4.78 is 0.999. The first-order chi connectivity index (χ1) is 6.56. The standard InChI is InChI=1S/C10H16BrN3/c1-7(2)14(13-3)10-5-4-8(11)6-9(10)12/h4-7,13H,12H2,1-3H3. The van der Waals surface area contributed by atoms with E-state index in [0.29, 0.717) is 6.04 Å². The molecule has 0 saturated carbocycles. The molecular formula is C10H16BrN3. The predicted octanol–water partition coefficient (Wildman–Crippen LogP) is 2.38. The molecule has 3 N–H and O–H groups in total. The van der Waals surface area contributed by atoms with E-state index in [2.05, 4.69) is 35.2 Å². The van der Waals surface area contributed by atoms with Crippen LogP contribution in [0.15, 0.2) is 22.7 Å². The second-order valence-corrected chi connectivity index (χ2v) is 4.31. The van der Waals surface area contributed by atoms with Crippen molar-refractivity contribution in [2.75, 3.05) is 17.8 Å². The lowest BCUT2D eigenvalue weighted by Gasteiger charge is -2.28. The van der Waals surface area contributed by atoms with Gasteiger partial charge in [-0.15, -0.1) is 0 Å². The molecule has 78 valence electrons. The molecule has 1 aromatic carbocycles. The average Bonchev–Trinajstić information content (AvgIpc) is 2.09. The number of nitrogens with two attached hydrogens (primary N) is 1. The maximum atomic E-state index is 5.92. The van der Waals surface area contributed by atoms with Gasteiger partial charge in [0.25, 0.3) is 0 Å². The van der Waals surface area contributed by atoms with E-state index in [0.717, 1.165) is 15.8 Å². The fourth-order valence-corrected chi connectivity index (χ4v) is 1.78. The van der Waals surface area contributed by atoms with Gasteiger partial charge in [0.05, 0.1) is 11.4 Å². The third-order valence-corrected chi connectivity index (χ3v) is 2.50. The van der Waals surface area contributed by atoms with Crippen molar-refractivity contribution in [1.82, 2.24) is 5.43 Å². The molecule has 14 heavy (non-hydrogen) atoms. The first-order valence-corrected chi connectivity index (χ1v) is 5.37. The number of rotatable bonds is 3. The summed E-state index contributed by atoms with van der Waals surface area (Å²) in [6, 6.07) is 6.25. The highest BCUT2D eigenvalue weighted by Crippen LogP contribution is 2.26. The molecule has 0 atom stereocenters. The van der Waals surface area contributed by atoms with Crippen molar-refractivity contribution in [3.05, 3.63) is 22.7 Å². The Kier molecular flexibility index (Phi) is 3.77. The molecule has 0 radical (unpaired) electrons. The molecule has 0 aliphatic carbocycles. The van der Waals surface area contributed by atoms with Crippen molar-refractivity contribution in [1.29, 1.82) is 0 Å². The van der Waals surface area contributed by atoms with Crippen molar-refractivity contribution in [3.63, 3.8) is 0 Å². The van der Waals surface area contributed by atoms with Crippen LogP contribution in [0, 0.1) is 0 Å². The number of benzene rings is 1. The van der Waals surface area contributed by atoms with Crippen LogP contribution in [0.3, 0.4) is 0 Å². The Balaban J connectivity index is 3.04. The van der Waals surface area contributed by atoms with E-state index >= 15 is 0 Å². The zero-order valence-corrected chi connectivity index (χ0v) is 10.3. The normalized spacial score (nSPS) is 10.6. The Hall–Kier alpha value is -0.740. The smallest absolute Gasteiger partial charge is 0.0752 e. The molecule has 0 amide bonds. The Morgan fingerprint density at radius 2 is 2.07 bits per heavy atom. The number of hydrogen-bond acceptors (Lipinski definition) is 3. The summed E-state index contributed by atoms with van der Waals surface area (Å²) in [6.07, 6.45) is 0. The van der Waals surface area contributed by atoms with Crippen molar-refractivity contribution in [2.45, 2.75) is 19.9 Å². The summed E-state index contributed by atoms with van der Waals surface area (Å²) in [7, 11) is 1.89. The van der Waals surface area contributed by atoms with Gasteiger partial charge in [0, 0.05) is 17.6 Å². The van der Waals surface area contributed by atoms with Gasteiger partial charge in [0.15, 0.2) is 0 Å². The molecule has 1 rings (SSSR count). The van der Waals surface area contributed by atoms with Crippen LogP contribution >= 0.6 is 15.9 Å². The molecule has 3 nitrogen and oxygen atoms in total. The van der Waals surface area contributed by atoms with Gasteiger partial charge in [0.1, 0.15) is 0 Å². The number of anilines is 2. The van der Waals surface area contributed by atoms with Gasteiger partial charge in [-0.3, -0.25) is 0 Å². The minimum absolute atomic E-state index is 0.364. The Labute approximate surface area is 93.4 Å². The fourth-order valence-electron chi connectivity index (χ4n) is 1.40. The number of nitrogens with one attached hydrogen (secondary N) is 1. The van der Waals surface area contributed by atoms with Gasteiger partial charge in [0.2, 0.25) is 0 Å². The number of hydrazine groups is 1. The lowest BCUT2D eigenvalue weighted by Crippen LogP contribution is -2.41. The number of hydrogen-bond donors (Lipinski definition) is 2. The van der Waals surface area contributed by atoms with E-state index in [1.165, 1.54) is 0 Å². The van der Waals surface area contributed by atoms with Crippen LogP contribution in [0.1, 0.15) is 13.8 Å². The number of nitrogen functional groups attached to an aromatic ring is 1. The van der Waals surface area contributed by atoms with Crippen LogP contribution in [0.25, 0.3) is 0 Å². The first kappa shape index (κ1) is 11.3. The molecular weight excluding hydrogens is 242 g/mol. The molecule has 0 aliphatic heterocycles. The third-order valence-electron chi connectivity index (χ3n) is 2.01. The van der Waals surface area contributed by atoms with Crippen molar-refractivity contribution < 1.29 is 0 Å². The molecule has 0 fully saturated rings. The SMILES string of the molecule is CNN(c1ccc(Br)cc1N)C(C)C. The summed E-state index contributed by atoms with van der Waals surface area (Å²) in [4.78, 5) is 0. The molecule has 4 heteroatoms. The highest BCUT2D eigenvalue weighted by atomic mass is 79.9. The monoisotopic (exact) mass is 257 g/mol. The summed E-state index contributed by atoms with van der Waals surface area (Å²) in [6.45, 7) is 4.22. The Morgan fingerprint density at radius 1 is 1.43 bits per heavy atom. The van der Waals surface area contributed by atoms with Gasteiger partial charge in [-0.25, -0.2) is 5.43 Å². The van der Waals surface area contributed by atoms with E-state index in [4.69, 9.17) is 5.73 Å². The summed E-state index contributed by atoms with van der Waals surface area (Å²) in [5.74, 6) is 0. The van der Waals surface area contributed by atoms with Crippen molar-refractivity contribution in [2.24, 2.45) is 0 Å². The van der Waals surface area contributed by atoms with E-state index in [-0.39, 0.29) is 0 Å². The highest BCUT2D eigenvalue weighted by Gasteiger charge is 2.11. The summed E-state index contributed by atoms with van der Waals surface area (Å²) in [5, 5.41) is 2.03. The highest BCUT2D eigenvalue weighted by molar-refractivity contribution is 9.10. The summed E-state index contributed by atoms with van der Waals surface area (Å²) in [5.41, 5.74) is 10.8. The topological polar surface area (TPSA) is 41.3 Å². The molecule has 0 spiro atoms. The number of nitrogens with zero attached hydrogens (tertiary/aromatic N) is 1. The van der Waals surface area contributed by atoms with Crippen molar-refractivity contribution >= 4 is 27.3 Å². The minimum Gasteiger partial charge on any atom is -0.397 e. The van der Waals surface area contributed by atoms with E-state index < -0.39 is 0 Å². The van der Waals surface area contributed by atoms with Gasteiger partial charge >= 0.3 is 0 Å². The Morgan fingerprint density at radius 3 is 2.50 bits per heavy atom. The largest absolute Gasteiger partial charge is 0.397 e. The van der Waals surface area contributed by atoms with E-state index in [1.54, 1.807) is 0 Å². The lowest BCUT2D eigenvalue weighted by molar-refractivity contribution is 0.616. The van der Waals surface area contributed by atoms with Crippen molar-refractivity contribution in [3.8, 4) is 0 Å². The maximum absolute atomic E-state index is 5.92. The molecule has 0 aromatic heterocycles. The molecule has 0 saturated heterocycles. The maximum Gasteiger partial charge on any atom is 0.0752 e. The summed E-state index contributed by atoms with van der Waals surface area (Å²) >= 11 is 3.39. The Bertz CT molecular complexity index is 312. The van der Waals surface area contributed by atoms with Gasteiger partial charge in [-0.05, 0) is 32.0 Å². The van der Waals surface area contributed by atoms with Gasteiger partial charge in [-0.1, -0.05) is 15.9 Å². The van der Waals surface area contributed by atoms with Crippen LogP contribution in [-0.2, 0) is 0 Å². The quantitative estimate of drug-likeness (QED) is 0.646. The molecule has 0 aliphatic rings. The minimum atomic E-state index is 0.364. The van der Waals surface area contributed by atoms with Crippen LogP contribution in [0.4, 0.5) is 11.4 Å². The second-order valence-electron chi connectivity index (χ2n) is 3.39. The van der Waals surface area contributed by atoms with Crippen LogP contribution in [-0.4, -0.2) is 13.1 Å². The zero-order chi connectivity index (χ0) is 10.7. The molecule has 0 bridgehead atoms. The van der Waals surface area contributed by atoms with Gasteiger partial charge < -0.3 is 10.7 Å². The molecule has 0 unspecified atom stereocenters. The second kappa shape index (κ2) is 4.66. The van der Waals surface area contributed by atoms with Crippen LogP contribution < -0.4 is 16.2 Å². The van der Waals surface area contributed by atoms with Crippen LogP contribution in [0.2, 0.25) is 0 Å². The van der Waals surface area contributed by atoms with Gasteiger partial charge in [-0.2, -0.15) is 0 Å².